The average Bonchev–Trinajstić information content (AvgIpc) is 3.35. The maximum absolute atomic E-state index is 12.5. The molecule has 8 heteroatoms. The van der Waals surface area contributed by atoms with Crippen molar-refractivity contribution in [1.29, 1.82) is 0 Å². The van der Waals surface area contributed by atoms with Gasteiger partial charge in [-0.2, -0.15) is 0 Å². The van der Waals surface area contributed by atoms with E-state index in [1.807, 2.05) is 0 Å². The molecule has 1 aromatic rings. The number of hydrogen-bond donors (Lipinski definition) is 2. The van der Waals surface area contributed by atoms with Gasteiger partial charge in [0.25, 0.3) is 0 Å². The minimum atomic E-state index is -3.61. The number of sulfonamides is 2. The van der Waals surface area contributed by atoms with E-state index in [9.17, 15) is 16.8 Å². The van der Waals surface area contributed by atoms with E-state index >= 15 is 0 Å². The van der Waals surface area contributed by atoms with Crippen LogP contribution in [0.3, 0.4) is 0 Å². The summed E-state index contributed by atoms with van der Waals surface area (Å²) >= 11 is 0. The van der Waals surface area contributed by atoms with Crippen molar-refractivity contribution >= 4 is 20.0 Å². The Morgan fingerprint density at radius 3 is 1.38 bits per heavy atom. The van der Waals surface area contributed by atoms with Gasteiger partial charge in [-0.25, -0.2) is 26.3 Å². The van der Waals surface area contributed by atoms with Crippen LogP contribution in [0.15, 0.2) is 34.1 Å². The molecule has 0 heterocycles. The maximum atomic E-state index is 12.5. The van der Waals surface area contributed by atoms with Crippen molar-refractivity contribution in [2.45, 2.75) is 73.2 Å². The SMILES string of the molecule is O=S(=O)(NC1CCCCCC1)c1ccc(S(=O)(=O)NC2CC2)cc1. The quantitative estimate of drug-likeness (QED) is 0.748. The zero-order valence-corrected chi connectivity index (χ0v) is 15.2. The van der Waals surface area contributed by atoms with Gasteiger partial charge in [0, 0.05) is 12.1 Å². The van der Waals surface area contributed by atoms with Crippen LogP contribution in [0, 0.1) is 0 Å². The highest BCUT2D eigenvalue weighted by Gasteiger charge is 2.28. The maximum Gasteiger partial charge on any atom is 0.240 e. The molecule has 2 fully saturated rings. The summed E-state index contributed by atoms with van der Waals surface area (Å²) in [5.41, 5.74) is 0. The second-order valence-corrected chi connectivity index (χ2v) is 10.1. The van der Waals surface area contributed by atoms with Crippen LogP contribution in [-0.2, 0) is 20.0 Å². The Morgan fingerprint density at radius 2 is 1.00 bits per heavy atom. The van der Waals surface area contributed by atoms with Gasteiger partial charge in [0.05, 0.1) is 9.79 Å². The number of nitrogens with one attached hydrogen (secondary N) is 2. The van der Waals surface area contributed by atoms with Crippen molar-refractivity contribution < 1.29 is 16.8 Å². The second-order valence-electron chi connectivity index (χ2n) is 6.68. The van der Waals surface area contributed by atoms with E-state index in [4.69, 9.17) is 0 Å². The van der Waals surface area contributed by atoms with Crippen LogP contribution in [0.4, 0.5) is 0 Å². The van der Waals surface area contributed by atoms with Crippen molar-refractivity contribution in [3.63, 3.8) is 0 Å². The average molecular weight is 373 g/mol. The molecule has 2 saturated carbocycles. The summed E-state index contributed by atoms with van der Waals surface area (Å²) in [5.74, 6) is 0. The molecule has 0 aromatic heterocycles. The number of rotatable bonds is 6. The smallest absolute Gasteiger partial charge is 0.208 e. The van der Waals surface area contributed by atoms with Crippen LogP contribution in [0.1, 0.15) is 51.4 Å². The van der Waals surface area contributed by atoms with Gasteiger partial charge >= 0.3 is 0 Å². The van der Waals surface area contributed by atoms with E-state index < -0.39 is 20.0 Å². The Morgan fingerprint density at radius 1 is 0.625 bits per heavy atom. The van der Waals surface area contributed by atoms with Crippen LogP contribution in [-0.4, -0.2) is 28.9 Å². The largest absolute Gasteiger partial charge is 0.240 e. The molecule has 0 radical (unpaired) electrons. The molecule has 24 heavy (non-hydrogen) atoms. The summed E-state index contributed by atoms with van der Waals surface area (Å²) in [5, 5.41) is 0. The lowest BCUT2D eigenvalue weighted by molar-refractivity contribution is 0.510. The number of benzene rings is 1. The Hall–Kier alpha value is -0.960. The summed E-state index contributed by atoms with van der Waals surface area (Å²) < 4.78 is 54.6. The Labute approximate surface area is 144 Å². The van der Waals surface area contributed by atoms with Gasteiger partial charge in [-0.1, -0.05) is 25.7 Å². The molecular weight excluding hydrogens is 348 g/mol. The van der Waals surface area contributed by atoms with Crippen LogP contribution < -0.4 is 9.44 Å². The second kappa shape index (κ2) is 7.11. The standard InChI is InChI=1S/C16H24N2O4S2/c19-23(20,17-13-5-3-1-2-4-6-13)15-9-11-16(12-10-15)24(21,22)18-14-7-8-14/h9-14,17-18H,1-8H2. The highest BCUT2D eigenvalue weighted by molar-refractivity contribution is 7.90. The van der Waals surface area contributed by atoms with E-state index in [0.717, 1.165) is 51.4 Å². The van der Waals surface area contributed by atoms with Crippen LogP contribution in [0.2, 0.25) is 0 Å². The third-order valence-electron chi connectivity index (χ3n) is 4.52. The molecule has 0 saturated heterocycles. The summed E-state index contributed by atoms with van der Waals surface area (Å²) in [6.07, 6.45) is 7.81. The molecule has 0 amide bonds. The van der Waals surface area contributed by atoms with Gasteiger partial charge in [0.1, 0.15) is 0 Å². The third-order valence-corrected chi connectivity index (χ3v) is 7.59. The van der Waals surface area contributed by atoms with Crippen LogP contribution in [0.25, 0.3) is 0 Å². The molecule has 0 bridgehead atoms. The summed E-state index contributed by atoms with van der Waals surface area (Å²) in [6.45, 7) is 0. The van der Waals surface area contributed by atoms with Gasteiger partial charge in [-0.05, 0) is 49.9 Å². The highest BCUT2D eigenvalue weighted by atomic mass is 32.2. The lowest BCUT2D eigenvalue weighted by Crippen LogP contribution is -2.34. The molecule has 2 aliphatic rings. The Bertz CT molecular complexity index is 761. The minimum absolute atomic E-state index is 0.0234. The fourth-order valence-electron chi connectivity index (χ4n) is 2.97. The van der Waals surface area contributed by atoms with Crippen molar-refractivity contribution in [1.82, 2.24) is 9.44 Å². The predicted octanol–water partition coefficient (Wildman–Crippen LogP) is 2.13. The van der Waals surface area contributed by atoms with Crippen molar-refractivity contribution in [3.05, 3.63) is 24.3 Å². The van der Waals surface area contributed by atoms with E-state index in [1.165, 1.54) is 24.3 Å². The normalized spacial score (nSPS) is 20.7. The predicted molar refractivity (Wildman–Crippen MR) is 91.6 cm³/mol. The molecule has 0 atom stereocenters. The molecule has 2 N–H and O–H groups in total. The van der Waals surface area contributed by atoms with E-state index in [1.54, 1.807) is 0 Å². The highest BCUT2D eigenvalue weighted by Crippen LogP contribution is 2.23. The summed E-state index contributed by atoms with van der Waals surface area (Å²) in [6, 6.07) is 5.42. The van der Waals surface area contributed by atoms with Gasteiger partial charge in [0.15, 0.2) is 0 Å². The third kappa shape index (κ3) is 4.56. The first-order valence-electron chi connectivity index (χ1n) is 8.51. The monoisotopic (exact) mass is 372 g/mol. The molecule has 3 rings (SSSR count). The minimum Gasteiger partial charge on any atom is -0.208 e. The Balaban J connectivity index is 1.71. The molecule has 0 aliphatic heterocycles. The fraction of sp³-hybridized carbons (Fsp3) is 0.625. The Kier molecular flexibility index (Phi) is 5.29. The van der Waals surface area contributed by atoms with Gasteiger partial charge in [0.2, 0.25) is 20.0 Å². The molecule has 134 valence electrons. The first kappa shape index (κ1) is 17.8. The fourth-order valence-corrected chi connectivity index (χ4v) is 5.58. The molecule has 2 aliphatic carbocycles. The van der Waals surface area contributed by atoms with Crippen LogP contribution in [0.5, 0.6) is 0 Å². The lowest BCUT2D eigenvalue weighted by Gasteiger charge is -2.16. The zero-order valence-electron chi connectivity index (χ0n) is 13.6. The van der Waals surface area contributed by atoms with Crippen molar-refractivity contribution in [3.8, 4) is 0 Å². The zero-order chi connectivity index (χ0) is 17.2. The van der Waals surface area contributed by atoms with Crippen molar-refractivity contribution in [2.75, 3.05) is 0 Å². The van der Waals surface area contributed by atoms with Gasteiger partial charge < -0.3 is 0 Å². The number of hydrogen-bond acceptors (Lipinski definition) is 4. The van der Waals surface area contributed by atoms with Crippen molar-refractivity contribution in [2.24, 2.45) is 0 Å². The first-order valence-corrected chi connectivity index (χ1v) is 11.5. The summed E-state index contributed by atoms with van der Waals surface area (Å²) in [7, 11) is -7.17. The van der Waals surface area contributed by atoms with E-state index in [0.29, 0.717) is 0 Å². The topological polar surface area (TPSA) is 92.3 Å². The van der Waals surface area contributed by atoms with Crippen LogP contribution >= 0.6 is 0 Å². The molecule has 0 unspecified atom stereocenters. The van der Waals surface area contributed by atoms with Gasteiger partial charge in [-0.3, -0.25) is 0 Å². The molecule has 6 nitrogen and oxygen atoms in total. The molecular formula is C16H24N2O4S2. The summed E-state index contributed by atoms with van der Waals surface area (Å²) in [4.78, 5) is 0.208. The lowest BCUT2D eigenvalue weighted by atomic mass is 10.1. The van der Waals surface area contributed by atoms with E-state index in [2.05, 4.69) is 9.44 Å². The first-order chi connectivity index (χ1) is 11.4. The van der Waals surface area contributed by atoms with E-state index in [-0.39, 0.29) is 21.9 Å². The molecule has 0 spiro atoms. The molecule has 1 aromatic carbocycles. The van der Waals surface area contributed by atoms with Gasteiger partial charge in [-0.15, -0.1) is 0 Å².